The van der Waals surface area contributed by atoms with Crippen LogP contribution in [0.15, 0.2) is 17.0 Å². The first-order valence-corrected chi connectivity index (χ1v) is 5.85. The third kappa shape index (κ3) is 2.86. The molecule has 1 rings (SSSR count). The second-order valence-electron chi connectivity index (χ2n) is 2.94. The highest BCUT2D eigenvalue weighted by atomic mass is 35.5. The number of benzene rings is 1. The Morgan fingerprint density at radius 3 is 2.62 bits per heavy atom. The zero-order valence-electron chi connectivity index (χ0n) is 8.61. The lowest BCUT2D eigenvalue weighted by molar-refractivity contribution is -0.387. The van der Waals surface area contributed by atoms with Crippen molar-refractivity contribution in [2.75, 3.05) is 11.6 Å². The number of amides is 1. The van der Waals surface area contributed by atoms with Crippen molar-refractivity contribution >= 4 is 40.6 Å². The summed E-state index contributed by atoms with van der Waals surface area (Å²) in [5.74, 6) is -0.275. The van der Waals surface area contributed by atoms with E-state index in [4.69, 9.17) is 11.6 Å². The van der Waals surface area contributed by atoms with Gasteiger partial charge >= 0.3 is 0 Å². The Balaban J connectivity index is 3.25. The second-order valence-corrected chi connectivity index (χ2v) is 4.20. The lowest BCUT2D eigenvalue weighted by atomic mass is 10.2. The molecule has 1 aromatic rings. The van der Waals surface area contributed by atoms with E-state index < -0.39 is 4.92 Å². The van der Waals surface area contributed by atoms with Gasteiger partial charge in [-0.3, -0.25) is 14.9 Å². The molecular weight excluding hydrogens is 252 g/mol. The fourth-order valence-corrected chi connectivity index (χ4v) is 1.92. The number of anilines is 1. The van der Waals surface area contributed by atoms with Crippen LogP contribution >= 0.6 is 23.4 Å². The molecule has 0 heterocycles. The molecule has 0 saturated heterocycles. The largest absolute Gasteiger partial charge is 0.325 e. The van der Waals surface area contributed by atoms with E-state index in [2.05, 4.69) is 5.32 Å². The Morgan fingerprint density at radius 2 is 2.19 bits per heavy atom. The van der Waals surface area contributed by atoms with E-state index in [0.29, 0.717) is 10.6 Å². The number of hydrogen-bond acceptors (Lipinski definition) is 4. The van der Waals surface area contributed by atoms with E-state index >= 15 is 0 Å². The minimum atomic E-state index is -0.505. The normalized spacial score (nSPS) is 9.94. The van der Waals surface area contributed by atoms with Gasteiger partial charge in [0, 0.05) is 13.0 Å². The van der Waals surface area contributed by atoms with E-state index in [1.165, 1.54) is 30.8 Å². The zero-order chi connectivity index (χ0) is 12.3. The minimum Gasteiger partial charge on any atom is -0.325 e. The van der Waals surface area contributed by atoms with E-state index in [9.17, 15) is 14.9 Å². The predicted octanol–water partition coefficient (Wildman–Crippen LogP) is 2.93. The van der Waals surface area contributed by atoms with Gasteiger partial charge in [-0.05, 0) is 12.3 Å². The molecule has 0 spiro atoms. The zero-order valence-corrected chi connectivity index (χ0v) is 10.2. The third-order valence-electron chi connectivity index (χ3n) is 1.78. The van der Waals surface area contributed by atoms with Crippen LogP contribution in [-0.2, 0) is 4.79 Å². The van der Waals surface area contributed by atoms with Crippen LogP contribution in [0.4, 0.5) is 11.4 Å². The maximum absolute atomic E-state index is 10.9. The average Bonchev–Trinajstić information content (AvgIpc) is 2.19. The highest BCUT2D eigenvalue weighted by Crippen LogP contribution is 2.35. The van der Waals surface area contributed by atoms with Crippen molar-refractivity contribution in [3.63, 3.8) is 0 Å². The molecule has 0 bridgehead atoms. The van der Waals surface area contributed by atoms with Gasteiger partial charge in [-0.1, -0.05) is 11.6 Å². The van der Waals surface area contributed by atoms with Crippen LogP contribution in [0, 0.1) is 10.1 Å². The summed E-state index contributed by atoms with van der Waals surface area (Å²) in [6.45, 7) is 1.34. The maximum atomic E-state index is 10.9. The molecule has 0 fully saturated rings. The number of nitrogens with zero attached hydrogens (tertiary/aromatic N) is 1. The molecule has 0 aliphatic carbocycles. The van der Waals surface area contributed by atoms with Crippen LogP contribution in [0.2, 0.25) is 5.02 Å². The first-order valence-electron chi connectivity index (χ1n) is 4.25. The van der Waals surface area contributed by atoms with Crippen molar-refractivity contribution in [2.24, 2.45) is 0 Å². The molecule has 1 aromatic carbocycles. The molecule has 0 radical (unpaired) electrons. The van der Waals surface area contributed by atoms with Gasteiger partial charge in [-0.25, -0.2) is 0 Å². The monoisotopic (exact) mass is 260 g/mol. The Hall–Kier alpha value is -1.27. The topological polar surface area (TPSA) is 72.2 Å². The summed E-state index contributed by atoms with van der Waals surface area (Å²) in [7, 11) is 0. The SMILES string of the molecule is CSc1cc(NC(C)=O)c(Cl)cc1[N+](=O)[O-]. The number of nitro groups is 1. The van der Waals surface area contributed by atoms with Crippen LogP contribution in [0.3, 0.4) is 0 Å². The van der Waals surface area contributed by atoms with Gasteiger partial charge in [0.15, 0.2) is 0 Å². The summed E-state index contributed by atoms with van der Waals surface area (Å²) in [6, 6.07) is 2.73. The van der Waals surface area contributed by atoms with Crippen LogP contribution in [0.5, 0.6) is 0 Å². The van der Waals surface area contributed by atoms with Crippen LogP contribution in [-0.4, -0.2) is 17.1 Å². The Labute approximate surface area is 101 Å². The van der Waals surface area contributed by atoms with Gasteiger partial charge in [0.05, 0.1) is 20.5 Å². The number of nitrogens with one attached hydrogen (secondary N) is 1. The number of halogens is 1. The lowest BCUT2D eigenvalue weighted by Gasteiger charge is -2.07. The van der Waals surface area contributed by atoms with Crippen molar-refractivity contribution in [2.45, 2.75) is 11.8 Å². The Kier molecular flexibility index (Phi) is 4.14. The molecule has 1 N–H and O–H groups in total. The summed E-state index contributed by atoms with van der Waals surface area (Å²) >= 11 is 7.04. The van der Waals surface area contributed by atoms with Gasteiger partial charge in [0.2, 0.25) is 5.91 Å². The van der Waals surface area contributed by atoms with Gasteiger partial charge in [-0.15, -0.1) is 11.8 Å². The molecule has 0 aromatic heterocycles. The van der Waals surface area contributed by atoms with Crippen molar-refractivity contribution in [1.29, 1.82) is 0 Å². The molecule has 1 amide bonds. The van der Waals surface area contributed by atoms with E-state index in [1.54, 1.807) is 6.26 Å². The molecule has 0 aliphatic rings. The Morgan fingerprint density at radius 1 is 1.56 bits per heavy atom. The van der Waals surface area contributed by atoms with E-state index in [1.807, 2.05) is 0 Å². The van der Waals surface area contributed by atoms with Crippen molar-refractivity contribution in [3.05, 3.63) is 27.3 Å². The van der Waals surface area contributed by atoms with E-state index in [0.717, 1.165) is 0 Å². The highest BCUT2D eigenvalue weighted by molar-refractivity contribution is 7.98. The summed E-state index contributed by atoms with van der Waals surface area (Å²) in [5.41, 5.74) is 0.315. The minimum absolute atomic E-state index is 0.0633. The van der Waals surface area contributed by atoms with Gasteiger partial charge < -0.3 is 5.32 Å². The molecule has 86 valence electrons. The fraction of sp³-hybridized carbons (Fsp3) is 0.222. The predicted molar refractivity (Wildman–Crippen MR) is 64.2 cm³/mol. The van der Waals surface area contributed by atoms with Gasteiger partial charge in [0.25, 0.3) is 5.69 Å². The Bertz CT molecular complexity index is 451. The van der Waals surface area contributed by atoms with Crippen LogP contribution in [0.1, 0.15) is 6.92 Å². The van der Waals surface area contributed by atoms with Crippen LogP contribution in [0.25, 0.3) is 0 Å². The molecule has 7 heteroatoms. The molecule has 5 nitrogen and oxygen atoms in total. The molecular formula is C9H9ClN2O3S. The quantitative estimate of drug-likeness (QED) is 0.515. The molecule has 16 heavy (non-hydrogen) atoms. The molecule has 0 saturated carbocycles. The fourth-order valence-electron chi connectivity index (χ4n) is 1.13. The standard InChI is InChI=1S/C9H9ClN2O3S/c1-5(13)11-7-4-9(16-2)8(12(14)15)3-6(7)10/h3-4H,1-2H3,(H,11,13). The van der Waals surface area contributed by atoms with Crippen LogP contribution < -0.4 is 5.32 Å². The summed E-state index contributed by atoms with van der Waals surface area (Å²) < 4.78 is 0. The van der Waals surface area contributed by atoms with E-state index in [-0.39, 0.29) is 16.6 Å². The number of nitro benzene ring substituents is 1. The molecule has 0 atom stereocenters. The third-order valence-corrected chi connectivity index (χ3v) is 2.86. The second kappa shape index (κ2) is 5.18. The summed E-state index contributed by atoms with van der Waals surface area (Å²) in [5, 5.41) is 13.4. The number of carbonyl (C=O) groups excluding carboxylic acids is 1. The van der Waals surface area contributed by atoms with Crippen molar-refractivity contribution in [1.82, 2.24) is 0 Å². The summed E-state index contributed by atoms with van der Waals surface area (Å²) in [6.07, 6.45) is 1.72. The molecule has 0 unspecified atom stereocenters. The lowest BCUT2D eigenvalue weighted by Crippen LogP contribution is -2.06. The first kappa shape index (κ1) is 12.8. The smallest absolute Gasteiger partial charge is 0.284 e. The van der Waals surface area contributed by atoms with Gasteiger partial charge in [-0.2, -0.15) is 0 Å². The van der Waals surface area contributed by atoms with Crippen molar-refractivity contribution in [3.8, 4) is 0 Å². The first-order chi connectivity index (χ1) is 7.45. The number of rotatable bonds is 3. The van der Waals surface area contributed by atoms with Gasteiger partial charge in [0.1, 0.15) is 0 Å². The number of thioether (sulfide) groups is 1. The number of carbonyl (C=O) groups is 1. The maximum Gasteiger partial charge on any atom is 0.284 e. The highest BCUT2D eigenvalue weighted by Gasteiger charge is 2.17. The summed E-state index contributed by atoms with van der Waals surface area (Å²) in [4.78, 5) is 21.5. The number of hydrogen-bond donors (Lipinski definition) is 1. The van der Waals surface area contributed by atoms with Crippen molar-refractivity contribution < 1.29 is 9.72 Å². The molecule has 0 aliphatic heterocycles. The average molecular weight is 261 g/mol.